The van der Waals surface area contributed by atoms with E-state index in [-0.39, 0.29) is 43.6 Å². The van der Waals surface area contributed by atoms with Crippen molar-refractivity contribution in [3.05, 3.63) is 35.6 Å². The summed E-state index contributed by atoms with van der Waals surface area (Å²) in [4.78, 5) is 42.0. The van der Waals surface area contributed by atoms with E-state index in [1.807, 2.05) is 6.92 Å². The van der Waals surface area contributed by atoms with E-state index in [1.54, 1.807) is 11.0 Å². The number of nitrogens with zero attached hydrogens (tertiary/aromatic N) is 2. The number of likely N-dealkylation sites (tertiary alicyclic amines) is 1. The lowest BCUT2D eigenvalue weighted by molar-refractivity contribution is -0.143. The summed E-state index contributed by atoms with van der Waals surface area (Å²) in [6.45, 7) is 3.66. The molecule has 1 aromatic rings. The van der Waals surface area contributed by atoms with E-state index in [4.69, 9.17) is 9.47 Å². The molecule has 7 nitrogen and oxygen atoms in total. The van der Waals surface area contributed by atoms with Crippen LogP contribution in [-0.4, -0.2) is 73.6 Å². The highest BCUT2D eigenvalue weighted by molar-refractivity contribution is 6.10. The van der Waals surface area contributed by atoms with E-state index in [2.05, 4.69) is 0 Å². The van der Waals surface area contributed by atoms with Gasteiger partial charge in [-0.05, 0) is 25.8 Å². The standard InChI is InChI=1S/C22H29FN2O5/c1-3-24(15-16-7-6-11-30-16)19(26)13-22(17-8-4-5-9-18(17)23)14-20(27)25(21(22)28)10-12-29-2/h4-5,8-9,16H,3,6-7,10-15H2,1-2H3. The molecule has 30 heavy (non-hydrogen) atoms. The molecule has 0 bridgehead atoms. The lowest BCUT2D eigenvalue weighted by Gasteiger charge is -2.31. The Balaban J connectivity index is 1.90. The van der Waals surface area contributed by atoms with Gasteiger partial charge in [-0.1, -0.05) is 18.2 Å². The van der Waals surface area contributed by atoms with Crippen molar-refractivity contribution < 1.29 is 28.2 Å². The third-order valence-electron chi connectivity index (χ3n) is 5.95. The first kappa shape index (κ1) is 22.4. The van der Waals surface area contributed by atoms with Crippen LogP contribution in [0, 0.1) is 5.82 Å². The fraction of sp³-hybridized carbons (Fsp3) is 0.591. The molecule has 164 valence electrons. The minimum absolute atomic E-state index is 0.0302. The summed E-state index contributed by atoms with van der Waals surface area (Å²) in [6, 6.07) is 5.88. The fourth-order valence-electron chi connectivity index (χ4n) is 4.31. The molecule has 8 heteroatoms. The van der Waals surface area contributed by atoms with Gasteiger partial charge >= 0.3 is 0 Å². The van der Waals surface area contributed by atoms with E-state index < -0.39 is 23.0 Å². The number of hydrogen-bond donors (Lipinski definition) is 0. The third-order valence-corrected chi connectivity index (χ3v) is 5.95. The van der Waals surface area contributed by atoms with Crippen molar-refractivity contribution in [3.8, 4) is 0 Å². The van der Waals surface area contributed by atoms with Crippen molar-refractivity contribution >= 4 is 17.7 Å². The topological polar surface area (TPSA) is 76.2 Å². The first-order valence-corrected chi connectivity index (χ1v) is 10.4. The minimum atomic E-state index is -1.54. The maximum Gasteiger partial charge on any atom is 0.241 e. The lowest BCUT2D eigenvalue weighted by Crippen LogP contribution is -2.45. The fourth-order valence-corrected chi connectivity index (χ4v) is 4.31. The number of benzene rings is 1. The molecule has 0 radical (unpaired) electrons. The van der Waals surface area contributed by atoms with Gasteiger partial charge < -0.3 is 14.4 Å². The predicted molar refractivity (Wildman–Crippen MR) is 107 cm³/mol. The average molecular weight is 420 g/mol. The zero-order valence-electron chi connectivity index (χ0n) is 17.6. The Labute approximate surface area is 176 Å². The van der Waals surface area contributed by atoms with Crippen LogP contribution in [0.15, 0.2) is 24.3 Å². The number of halogens is 1. The Kier molecular flexibility index (Phi) is 7.20. The highest BCUT2D eigenvalue weighted by Gasteiger charge is 2.55. The van der Waals surface area contributed by atoms with Crippen LogP contribution in [0.2, 0.25) is 0 Å². The number of hydrogen-bond acceptors (Lipinski definition) is 5. The van der Waals surface area contributed by atoms with E-state index in [0.717, 1.165) is 17.7 Å². The number of methoxy groups -OCH3 is 1. The molecule has 0 N–H and O–H groups in total. The number of ether oxygens (including phenoxy) is 2. The van der Waals surface area contributed by atoms with Crippen LogP contribution in [0.25, 0.3) is 0 Å². The number of carbonyl (C=O) groups excluding carboxylic acids is 3. The molecule has 3 rings (SSSR count). The molecule has 3 amide bonds. The van der Waals surface area contributed by atoms with Gasteiger partial charge in [0.1, 0.15) is 5.82 Å². The second kappa shape index (κ2) is 9.66. The van der Waals surface area contributed by atoms with Crippen LogP contribution < -0.4 is 0 Å². The second-order valence-electron chi connectivity index (χ2n) is 7.83. The molecule has 2 aliphatic rings. The van der Waals surface area contributed by atoms with Crippen molar-refractivity contribution in [3.63, 3.8) is 0 Å². The van der Waals surface area contributed by atoms with Crippen LogP contribution in [-0.2, 0) is 29.3 Å². The normalized spacial score (nSPS) is 24.0. The van der Waals surface area contributed by atoms with E-state index in [1.165, 1.54) is 25.3 Å². The third kappa shape index (κ3) is 4.39. The Bertz CT molecular complexity index is 795. The van der Waals surface area contributed by atoms with Gasteiger partial charge in [0.25, 0.3) is 0 Å². The van der Waals surface area contributed by atoms with Crippen molar-refractivity contribution in [2.45, 2.75) is 44.1 Å². The molecule has 0 spiro atoms. The van der Waals surface area contributed by atoms with E-state index in [9.17, 15) is 18.8 Å². The van der Waals surface area contributed by atoms with E-state index >= 15 is 0 Å². The van der Waals surface area contributed by atoms with Crippen LogP contribution >= 0.6 is 0 Å². The number of amides is 3. The largest absolute Gasteiger partial charge is 0.383 e. The van der Waals surface area contributed by atoms with Gasteiger partial charge in [0.05, 0.1) is 24.7 Å². The van der Waals surface area contributed by atoms with Crippen molar-refractivity contribution in [2.24, 2.45) is 0 Å². The summed E-state index contributed by atoms with van der Waals surface area (Å²) in [5.74, 6) is -1.85. The lowest BCUT2D eigenvalue weighted by atomic mass is 9.75. The Morgan fingerprint density at radius 1 is 1.37 bits per heavy atom. The van der Waals surface area contributed by atoms with Crippen molar-refractivity contribution in [1.82, 2.24) is 9.80 Å². The molecule has 0 saturated carbocycles. The van der Waals surface area contributed by atoms with Crippen LogP contribution in [0.4, 0.5) is 4.39 Å². The van der Waals surface area contributed by atoms with Gasteiger partial charge in [-0.3, -0.25) is 19.3 Å². The number of rotatable bonds is 9. The summed E-state index contributed by atoms with van der Waals surface area (Å²) >= 11 is 0. The summed E-state index contributed by atoms with van der Waals surface area (Å²) in [7, 11) is 1.48. The highest BCUT2D eigenvalue weighted by Crippen LogP contribution is 2.41. The van der Waals surface area contributed by atoms with Gasteiger partial charge in [0, 0.05) is 45.2 Å². The smallest absolute Gasteiger partial charge is 0.241 e. The van der Waals surface area contributed by atoms with Gasteiger partial charge in [-0.15, -0.1) is 0 Å². The molecule has 2 saturated heterocycles. The highest BCUT2D eigenvalue weighted by atomic mass is 19.1. The zero-order chi connectivity index (χ0) is 21.7. The molecule has 2 heterocycles. The zero-order valence-corrected chi connectivity index (χ0v) is 17.6. The Morgan fingerprint density at radius 3 is 2.77 bits per heavy atom. The van der Waals surface area contributed by atoms with Crippen LogP contribution in [0.5, 0.6) is 0 Å². The molecule has 0 aromatic heterocycles. The van der Waals surface area contributed by atoms with Gasteiger partial charge in [0.15, 0.2) is 0 Å². The van der Waals surface area contributed by atoms with Crippen molar-refractivity contribution in [2.75, 3.05) is 40.0 Å². The molecule has 2 aliphatic heterocycles. The molecular formula is C22H29FN2O5. The van der Waals surface area contributed by atoms with Crippen LogP contribution in [0.3, 0.4) is 0 Å². The quantitative estimate of drug-likeness (QED) is 0.571. The second-order valence-corrected chi connectivity index (χ2v) is 7.83. The summed E-state index contributed by atoms with van der Waals surface area (Å²) in [5.41, 5.74) is -1.46. The summed E-state index contributed by atoms with van der Waals surface area (Å²) in [5, 5.41) is 0. The maximum atomic E-state index is 14.8. The molecular weight excluding hydrogens is 391 g/mol. The summed E-state index contributed by atoms with van der Waals surface area (Å²) in [6.07, 6.45) is 1.31. The Hall–Kier alpha value is -2.32. The number of imide groups is 1. The van der Waals surface area contributed by atoms with Gasteiger partial charge in [0.2, 0.25) is 17.7 Å². The summed E-state index contributed by atoms with van der Waals surface area (Å²) < 4.78 is 25.4. The van der Waals surface area contributed by atoms with Gasteiger partial charge in [-0.25, -0.2) is 4.39 Å². The van der Waals surface area contributed by atoms with Gasteiger partial charge in [-0.2, -0.15) is 0 Å². The predicted octanol–water partition coefficient (Wildman–Crippen LogP) is 1.89. The minimum Gasteiger partial charge on any atom is -0.383 e. The first-order chi connectivity index (χ1) is 14.4. The Morgan fingerprint density at radius 2 is 2.13 bits per heavy atom. The van der Waals surface area contributed by atoms with E-state index in [0.29, 0.717) is 19.7 Å². The molecule has 2 unspecified atom stereocenters. The van der Waals surface area contributed by atoms with Crippen LogP contribution in [0.1, 0.15) is 38.2 Å². The first-order valence-electron chi connectivity index (χ1n) is 10.4. The number of likely N-dealkylation sites (N-methyl/N-ethyl adjacent to an activating group) is 1. The molecule has 2 atom stereocenters. The number of carbonyl (C=O) groups is 3. The SMILES string of the molecule is CCN(CC1CCCO1)C(=O)CC1(c2ccccc2F)CC(=O)N(CCOC)C1=O. The van der Waals surface area contributed by atoms with Crippen molar-refractivity contribution in [1.29, 1.82) is 0 Å². The maximum absolute atomic E-state index is 14.8. The molecule has 0 aliphatic carbocycles. The molecule has 1 aromatic carbocycles. The molecule has 2 fully saturated rings. The monoisotopic (exact) mass is 420 g/mol. The average Bonchev–Trinajstić information content (AvgIpc) is 3.32.